The summed E-state index contributed by atoms with van der Waals surface area (Å²) in [5.74, 6) is 1.51. The Bertz CT molecular complexity index is 448. The molecule has 1 aromatic rings. The Morgan fingerprint density at radius 3 is 2.74 bits per heavy atom. The summed E-state index contributed by atoms with van der Waals surface area (Å²) in [6.45, 7) is 3.52. The van der Waals surface area contributed by atoms with Crippen LogP contribution < -0.4 is 20.1 Å². The number of ether oxygens (including phenoxy) is 2. The van der Waals surface area contributed by atoms with Gasteiger partial charge in [0.25, 0.3) is 0 Å². The van der Waals surface area contributed by atoms with Gasteiger partial charge in [-0.2, -0.15) is 0 Å². The van der Waals surface area contributed by atoms with Crippen LogP contribution in [0.15, 0.2) is 18.2 Å². The standard InChI is InChI=1S/C14H20N2O3/c1-3-11(16-14(17)9-15-2)10-4-5-12-13(8-10)19-7-6-18-12/h4-5,8,11,15H,3,6-7,9H2,1-2H3,(H,16,17). The fraction of sp³-hybridized carbons (Fsp3) is 0.500. The van der Waals surface area contributed by atoms with Crippen LogP contribution in [0.4, 0.5) is 0 Å². The molecule has 2 N–H and O–H groups in total. The molecule has 0 radical (unpaired) electrons. The van der Waals surface area contributed by atoms with E-state index < -0.39 is 0 Å². The second-order valence-electron chi connectivity index (χ2n) is 4.46. The van der Waals surface area contributed by atoms with Crippen molar-refractivity contribution in [2.75, 3.05) is 26.8 Å². The molecule has 0 aliphatic carbocycles. The van der Waals surface area contributed by atoms with Gasteiger partial charge in [0.1, 0.15) is 13.2 Å². The number of hydrogen-bond acceptors (Lipinski definition) is 4. The average Bonchev–Trinajstić information content (AvgIpc) is 2.44. The minimum atomic E-state index is -0.00996. The molecule has 19 heavy (non-hydrogen) atoms. The molecule has 1 unspecified atom stereocenters. The molecule has 0 aromatic heterocycles. The summed E-state index contributed by atoms with van der Waals surface area (Å²) in [5.41, 5.74) is 1.04. The number of carbonyl (C=O) groups is 1. The van der Waals surface area contributed by atoms with Gasteiger partial charge in [-0.3, -0.25) is 4.79 Å². The molecular formula is C14H20N2O3. The van der Waals surface area contributed by atoms with E-state index in [9.17, 15) is 4.79 Å². The van der Waals surface area contributed by atoms with E-state index in [1.54, 1.807) is 7.05 Å². The monoisotopic (exact) mass is 264 g/mol. The van der Waals surface area contributed by atoms with Crippen LogP contribution in [-0.2, 0) is 4.79 Å². The fourth-order valence-electron chi connectivity index (χ4n) is 2.10. The quantitative estimate of drug-likeness (QED) is 0.840. The van der Waals surface area contributed by atoms with Crippen molar-refractivity contribution < 1.29 is 14.3 Å². The van der Waals surface area contributed by atoms with Gasteiger partial charge in [-0.15, -0.1) is 0 Å². The Morgan fingerprint density at radius 1 is 1.32 bits per heavy atom. The number of fused-ring (bicyclic) bond motifs is 1. The first-order valence-electron chi connectivity index (χ1n) is 6.58. The number of carbonyl (C=O) groups excluding carboxylic acids is 1. The molecule has 5 nitrogen and oxygen atoms in total. The third-order valence-corrected chi connectivity index (χ3v) is 3.05. The number of likely N-dealkylation sites (N-methyl/N-ethyl adjacent to an activating group) is 1. The highest BCUT2D eigenvalue weighted by atomic mass is 16.6. The summed E-state index contributed by atoms with van der Waals surface area (Å²) in [6, 6.07) is 5.82. The molecule has 0 bridgehead atoms. The Hall–Kier alpha value is -1.75. The Balaban J connectivity index is 2.12. The van der Waals surface area contributed by atoms with E-state index in [1.165, 1.54) is 0 Å². The maximum atomic E-state index is 11.6. The number of amides is 1. The van der Waals surface area contributed by atoms with Gasteiger partial charge in [-0.25, -0.2) is 0 Å². The van der Waals surface area contributed by atoms with Crippen LogP contribution in [-0.4, -0.2) is 32.7 Å². The Labute approximate surface area is 113 Å². The summed E-state index contributed by atoms with van der Waals surface area (Å²) in [4.78, 5) is 11.6. The molecule has 0 saturated heterocycles. The van der Waals surface area contributed by atoms with E-state index in [2.05, 4.69) is 10.6 Å². The fourth-order valence-corrected chi connectivity index (χ4v) is 2.10. The normalized spacial score (nSPS) is 14.8. The van der Waals surface area contributed by atoms with Crippen LogP contribution >= 0.6 is 0 Å². The van der Waals surface area contributed by atoms with E-state index in [0.717, 1.165) is 23.5 Å². The van der Waals surface area contributed by atoms with Crippen molar-refractivity contribution in [2.24, 2.45) is 0 Å². The van der Waals surface area contributed by atoms with E-state index in [-0.39, 0.29) is 11.9 Å². The molecule has 1 amide bonds. The van der Waals surface area contributed by atoms with Crippen LogP contribution in [0.1, 0.15) is 24.9 Å². The first-order chi connectivity index (χ1) is 9.24. The maximum absolute atomic E-state index is 11.6. The predicted molar refractivity (Wildman–Crippen MR) is 72.5 cm³/mol. The van der Waals surface area contributed by atoms with Crippen LogP contribution in [0.25, 0.3) is 0 Å². The molecule has 1 aromatic carbocycles. The minimum Gasteiger partial charge on any atom is -0.486 e. The molecule has 104 valence electrons. The van der Waals surface area contributed by atoms with Crippen LogP contribution in [0.5, 0.6) is 11.5 Å². The van der Waals surface area contributed by atoms with Crippen molar-refractivity contribution in [1.82, 2.24) is 10.6 Å². The van der Waals surface area contributed by atoms with Crippen LogP contribution in [0, 0.1) is 0 Å². The van der Waals surface area contributed by atoms with Crippen molar-refractivity contribution in [3.63, 3.8) is 0 Å². The molecule has 1 atom stereocenters. The highest BCUT2D eigenvalue weighted by Gasteiger charge is 2.17. The van der Waals surface area contributed by atoms with Gasteiger partial charge in [0.2, 0.25) is 5.91 Å². The van der Waals surface area contributed by atoms with E-state index in [0.29, 0.717) is 19.8 Å². The van der Waals surface area contributed by atoms with Crippen molar-refractivity contribution in [2.45, 2.75) is 19.4 Å². The third kappa shape index (κ3) is 3.38. The van der Waals surface area contributed by atoms with Gasteiger partial charge in [-0.05, 0) is 31.2 Å². The summed E-state index contributed by atoms with van der Waals surface area (Å²) < 4.78 is 11.1. The second-order valence-corrected chi connectivity index (χ2v) is 4.46. The van der Waals surface area contributed by atoms with Crippen molar-refractivity contribution >= 4 is 5.91 Å². The lowest BCUT2D eigenvalue weighted by molar-refractivity contribution is -0.120. The van der Waals surface area contributed by atoms with Crippen LogP contribution in [0.3, 0.4) is 0 Å². The van der Waals surface area contributed by atoms with Gasteiger partial charge in [0, 0.05) is 0 Å². The van der Waals surface area contributed by atoms with E-state index >= 15 is 0 Å². The number of benzene rings is 1. The van der Waals surface area contributed by atoms with Crippen molar-refractivity contribution in [3.05, 3.63) is 23.8 Å². The van der Waals surface area contributed by atoms with Crippen molar-refractivity contribution in [1.29, 1.82) is 0 Å². The third-order valence-electron chi connectivity index (χ3n) is 3.05. The molecule has 0 spiro atoms. The highest BCUT2D eigenvalue weighted by Crippen LogP contribution is 2.33. The summed E-state index contributed by atoms with van der Waals surface area (Å²) in [7, 11) is 1.75. The minimum absolute atomic E-state index is 0.00308. The zero-order valence-electron chi connectivity index (χ0n) is 11.4. The van der Waals surface area contributed by atoms with Gasteiger partial charge in [0.15, 0.2) is 11.5 Å². The molecule has 1 heterocycles. The van der Waals surface area contributed by atoms with Crippen molar-refractivity contribution in [3.8, 4) is 11.5 Å². The number of rotatable bonds is 5. The summed E-state index contributed by atoms with van der Waals surface area (Å²) >= 11 is 0. The first-order valence-corrected chi connectivity index (χ1v) is 6.58. The number of nitrogens with one attached hydrogen (secondary N) is 2. The topological polar surface area (TPSA) is 59.6 Å². The zero-order chi connectivity index (χ0) is 13.7. The van der Waals surface area contributed by atoms with Gasteiger partial charge < -0.3 is 20.1 Å². The lowest BCUT2D eigenvalue weighted by Crippen LogP contribution is -2.34. The van der Waals surface area contributed by atoms with Gasteiger partial charge >= 0.3 is 0 Å². The smallest absolute Gasteiger partial charge is 0.234 e. The molecular weight excluding hydrogens is 244 g/mol. The summed E-state index contributed by atoms with van der Waals surface area (Å²) in [6.07, 6.45) is 0.828. The van der Waals surface area contributed by atoms with E-state index in [1.807, 2.05) is 25.1 Å². The Kier molecular flexibility index (Phi) is 4.63. The molecule has 0 fully saturated rings. The van der Waals surface area contributed by atoms with Crippen LogP contribution in [0.2, 0.25) is 0 Å². The largest absolute Gasteiger partial charge is 0.486 e. The predicted octanol–water partition coefficient (Wildman–Crippen LogP) is 1.24. The number of hydrogen-bond donors (Lipinski definition) is 2. The first kappa shape index (κ1) is 13.7. The molecule has 5 heteroatoms. The lowest BCUT2D eigenvalue weighted by atomic mass is 10.0. The average molecular weight is 264 g/mol. The molecule has 1 aliphatic heterocycles. The zero-order valence-corrected chi connectivity index (χ0v) is 11.4. The van der Waals surface area contributed by atoms with Gasteiger partial charge in [-0.1, -0.05) is 13.0 Å². The second kappa shape index (κ2) is 6.43. The summed E-state index contributed by atoms with van der Waals surface area (Å²) in [5, 5.41) is 5.83. The molecule has 1 aliphatic rings. The van der Waals surface area contributed by atoms with Gasteiger partial charge in [0.05, 0.1) is 12.6 Å². The molecule has 2 rings (SSSR count). The highest BCUT2D eigenvalue weighted by molar-refractivity contribution is 5.78. The lowest BCUT2D eigenvalue weighted by Gasteiger charge is -2.22. The maximum Gasteiger partial charge on any atom is 0.234 e. The SMILES string of the molecule is CCC(NC(=O)CNC)c1ccc2c(c1)OCCO2. The van der Waals surface area contributed by atoms with E-state index in [4.69, 9.17) is 9.47 Å². The molecule has 0 saturated carbocycles. The Morgan fingerprint density at radius 2 is 2.05 bits per heavy atom.